The average Bonchev–Trinajstić information content (AvgIpc) is 3.21. The van der Waals surface area contributed by atoms with E-state index in [1.165, 1.54) is 0 Å². The van der Waals surface area contributed by atoms with Crippen LogP contribution in [0.2, 0.25) is 0 Å². The lowest BCUT2D eigenvalue weighted by Crippen LogP contribution is -2.52. The zero-order chi connectivity index (χ0) is 19.8. The number of aromatic amines is 1. The highest BCUT2D eigenvalue weighted by atomic mass is 16.5. The number of hydrogen-bond donors (Lipinski definition) is 3. The highest BCUT2D eigenvalue weighted by Crippen LogP contribution is 2.16. The molecule has 1 atom stereocenters. The molecule has 1 aromatic heterocycles. The Morgan fingerprint density at radius 3 is 2.64 bits per heavy atom. The van der Waals surface area contributed by atoms with Gasteiger partial charge < -0.3 is 20.4 Å². The van der Waals surface area contributed by atoms with Crippen molar-refractivity contribution in [1.82, 2.24) is 25.5 Å². The van der Waals surface area contributed by atoms with E-state index >= 15 is 0 Å². The van der Waals surface area contributed by atoms with E-state index in [-0.39, 0.29) is 0 Å². The zero-order valence-electron chi connectivity index (χ0n) is 17.1. The second-order valence-electron chi connectivity index (χ2n) is 7.38. The van der Waals surface area contributed by atoms with Crippen LogP contribution >= 0.6 is 0 Å². The Balaban J connectivity index is 1.51. The van der Waals surface area contributed by atoms with Gasteiger partial charge in [-0.05, 0) is 11.5 Å². The van der Waals surface area contributed by atoms with Gasteiger partial charge in [-0.2, -0.15) is 0 Å². The summed E-state index contributed by atoms with van der Waals surface area (Å²) in [6.45, 7) is 9.60. The van der Waals surface area contributed by atoms with Crippen LogP contribution in [0.3, 0.4) is 0 Å². The van der Waals surface area contributed by atoms with Crippen molar-refractivity contribution < 1.29 is 4.74 Å². The van der Waals surface area contributed by atoms with Crippen molar-refractivity contribution in [2.24, 2.45) is 10.9 Å². The maximum Gasteiger partial charge on any atom is 0.191 e. The maximum atomic E-state index is 5.49. The van der Waals surface area contributed by atoms with Crippen LogP contribution in [0.25, 0.3) is 11.3 Å². The number of nitrogens with zero attached hydrogens (tertiary/aromatic N) is 3. The molecule has 3 rings (SSSR count). The largest absolute Gasteiger partial charge is 0.379 e. The number of hydrogen-bond acceptors (Lipinski definition) is 4. The monoisotopic (exact) mass is 384 g/mol. The van der Waals surface area contributed by atoms with Crippen LogP contribution in [0.4, 0.5) is 0 Å². The van der Waals surface area contributed by atoms with Crippen LogP contribution in [-0.4, -0.2) is 66.8 Å². The van der Waals surface area contributed by atoms with Gasteiger partial charge in [-0.15, -0.1) is 0 Å². The fraction of sp³-hybridized carbons (Fsp3) is 0.524. The third-order valence-corrected chi connectivity index (χ3v) is 5.12. The molecule has 0 bridgehead atoms. The Hall–Kier alpha value is -2.38. The maximum absolute atomic E-state index is 5.49. The summed E-state index contributed by atoms with van der Waals surface area (Å²) in [7, 11) is 1.80. The quantitative estimate of drug-likeness (QED) is 0.503. The second kappa shape index (κ2) is 10.2. The predicted octanol–water partition coefficient (Wildman–Crippen LogP) is 2.10. The summed E-state index contributed by atoms with van der Waals surface area (Å²) in [5.41, 5.74) is 2.15. The molecule has 7 heteroatoms. The lowest BCUT2D eigenvalue weighted by atomic mass is 10.0. The Bertz CT molecular complexity index is 736. The van der Waals surface area contributed by atoms with Gasteiger partial charge in [0.2, 0.25) is 0 Å². The molecule has 0 amide bonds. The number of nitrogens with one attached hydrogen (secondary N) is 3. The molecule has 152 valence electrons. The van der Waals surface area contributed by atoms with Gasteiger partial charge in [0.1, 0.15) is 5.82 Å². The molecule has 2 heterocycles. The van der Waals surface area contributed by atoms with E-state index in [0.29, 0.717) is 18.5 Å². The van der Waals surface area contributed by atoms with Crippen LogP contribution in [0.1, 0.15) is 19.7 Å². The molecule has 1 saturated heterocycles. The third-order valence-electron chi connectivity index (χ3n) is 5.12. The first-order chi connectivity index (χ1) is 13.7. The molecule has 0 saturated carbocycles. The number of aromatic nitrogens is 2. The van der Waals surface area contributed by atoms with Gasteiger partial charge in [0.05, 0.1) is 31.6 Å². The summed E-state index contributed by atoms with van der Waals surface area (Å²) >= 11 is 0. The van der Waals surface area contributed by atoms with Gasteiger partial charge >= 0.3 is 0 Å². The first-order valence-electron chi connectivity index (χ1n) is 10.0. The minimum absolute atomic E-state index is 0.454. The van der Waals surface area contributed by atoms with Crippen LogP contribution in [0.15, 0.2) is 41.5 Å². The number of aliphatic imine (C=N–C) groups is 1. The van der Waals surface area contributed by atoms with E-state index < -0.39 is 0 Å². The summed E-state index contributed by atoms with van der Waals surface area (Å²) in [5, 5.41) is 6.82. The molecule has 1 aliphatic heterocycles. The van der Waals surface area contributed by atoms with Crippen molar-refractivity contribution in [3.63, 3.8) is 0 Å². The molecule has 2 aromatic rings. The molecule has 0 spiro atoms. The normalized spacial score (nSPS) is 16.9. The van der Waals surface area contributed by atoms with Crippen LogP contribution in [-0.2, 0) is 11.3 Å². The van der Waals surface area contributed by atoms with E-state index in [1.54, 1.807) is 7.05 Å². The van der Waals surface area contributed by atoms with Crippen LogP contribution in [0.5, 0.6) is 0 Å². The second-order valence-corrected chi connectivity index (χ2v) is 7.38. The Morgan fingerprint density at radius 1 is 1.21 bits per heavy atom. The van der Waals surface area contributed by atoms with Gasteiger partial charge in [0.25, 0.3) is 0 Å². The lowest BCUT2D eigenvalue weighted by molar-refractivity contribution is 0.00752. The number of H-pyrrole nitrogens is 1. The highest BCUT2D eigenvalue weighted by Gasteiger charge is 2.23. The summed E-state index contributed by atoms with van der Waals surface area (Å²) in [5.74, 6) is 2.23. The molecule has 1 aliphatic rings. The van der Waals surface area contributed by atoms with Crippen LogP contribution < -0.4 is 10.6 Å². The molecule has 0 radical (unpaired) electrons. The van der Waals surface area contributed by atoms with Gasteiger partial charge in [0.15, 0.2) is 5.96 Å². The Morgan fingerprint density at radius 2 is 1.96 bits per heavy atom. The van der Waals surface area contributed by atoms with Crippen molar-refractivity contribution >= 4 is 5.96 Å². The smallest absolute Gasteiger partial charge is 0.191 e. The molecule has 1 aromatic carbocycles. The Kier molecular flexibility index (Phi) is 7.45. The van der Waals surface area contributed by atoms with E-state index in [2.05, 4.69) is 56.5 Å². The van der Waals surface area contributed by atoms with Crippen molar-refractivity contribution in [2.75, 3.05) is 39.9 Å². The fourth-order valence-corrected chi connectivity index (χ4v) is 3.50. The molecular formula is C21H32N6O. The van der Waals surface area contributed by atoms with E-state index in [0.717, 1.165) is 55.9 Å². The molecular weight excluding hydrogens is 352 g/mol. The third kappa shape index (κ3) is 5.56. The summed E-state index contributed by atoms with van der Waals surface area (Å²) in [6, 6.07) is 10.7. The van der Waals surface area contributed by atoms with Gasteiger partial charge in [-0.25, -0.2) is 4.98 Å². The van der Waals surface area contributed by atoms with E-state index in [4.69, 9.17) is 4.74 Å². The standard InChI is InChI=1S/C21H32N6O/c1-16(2)19(27-9-11-28-12-10-27)14-24-21(22-3)25-15-20-23-13-18(26-20)17-7-5-4-6-8-17/h4-8,13,16,19H,9-12,14-15H2,1-3H3,(H,23,26)(H2,22,24,25). The SMILES string of the molecule is CN=C(NCc1ncc(-c2ccccc2)[nH]1)NCC(C(C)C)N1CCOCC1. The first-order valence-corrected chi connectivity index (χ1v) is 10.0. The van der Waals surface area contributed by atoms with Gasteiger partial charge in [-0.3, -0.25) is 9.89 Å². The minimum atomic E-state index is 0.454. The number of benzene rings is 1. The summed E-state index contributed by atoms with van der Waals surface area (Å²) in [6.07, 6.45) is 1.87. The van der Waals surface area contributed by atoms with Crippen LogP contribution in [0, 0.1) is 5.92 Å². The lowest BCUT2D eigenvalue weighted by Gasteiger charge is -2.37. The number of rotatable bonds is 7. The minimum Gasteiger partial charge on any atom is -0.379 e. The molecule has 1 fully saturated rings. The molecule has 7 nitrogen and oxygen atoms in total. The first kappa shape index (κ1) is 20.4. The molecule has 1 unspecified atom stereocenters. The average molecular weight is 385 g/mol. The van der Waals surface area contributed by atoms with Gasteiger partial charge in [0, 0.05) is 32.7 Å². The Labute approximate surface area is 167 Å². The number of ether oxygens (including phenoxy) is 1. The zero-order valence-corrected chi connectivity index (χ0v) is 17.1. The predicted molar refractivity (Wildman–Crippen MR) is 113 cm³/mol. The highest BCUT2D eigenvalue weighted by molar-refractivity contribution is 5.79. The molecule has 0 aliphatic carbocycles. The number of morpholine rings is 1. The van der Waals surface area contributed by atoms with E-state index in [1.807, 2.05) is 24.4 Å². The molecule has 3 N–H and O–H groups in total. The van der Waals surface area contributed by atoms with Gasteiger partial charge in [-0.1, -0.05) is 44.2 Å². The summed E-state index contributed by atoms with van der Waals surface area (Å²) < 4.78 is 5.49. The van der Waals surface area contributed by atoms with Crippen molar-refractivity contribution in [2.45, 2.75) is 26.4 Å². The number of imidazole rings is 1. The molecule has 28 heavy (non-hydrogen) atoms. The topological polar surface area (TPSA) is 77.6 Å². The summed E-state index contributed by atoms with van der Waals surface area (Å²) in [4.78, 5) is 14.7. The van der Waals surface area contributed by atoms with Crippen molar-refractivity contribution in [1.29, 1.82) is 0 Å². The van der Waals surface area contributed by atoms with E-state index in [9.17, 15) is 0 Å². The van der Waals surface area contributed by atoms with Crippen molar-refractivity contribution in [3.8, 4) is 11.3 Å². The van der Waals surface area contributed by atoms with Crippen molar-refractivity contribution in [3.05, 3.63) is 42.4 Å². The number of guanidine groups is 1. The fourth-order valence-electron chi connectivity index (χ4n) is 3.50.